The number of carbonyl (C=O) groups excluding carboxylic acids is 1. The Morgan fingerprint density at radius 2 is 1.92 bits per heavy atom. The molecule has 25 heavy (non-hydrogen) atoms. The first kappa shape index (κ1) is 19.4. The number of anilines is 1. The summed E-state index contributed by atoms with van der Waals surface area (Å²) in [4.78, 5) is 25.1. The van der Waals surface area contributed by atoms with Crippen LogP contribution in [0.3, 0.4) is 0 Å². The maximum atomic E-state index is 14.4. The van der Waals surface area contributed by atoms with Crippen molar-refractivity contribution in [1.29, 1.82) is 0 Å². The molecule has 0 aliphatic rings. The van der Waals surface area contributed by atoms with Crippen molar-refractivity contribution in [2.24, 2.45) is 0 Å². The summed E-state index contributed by atoms with van der Waals surface area (Å²) >= 11 is 4.82. The maximum absolute atomic E-state index is 14.4. The van der Waals surface area contributed by atoms with Gasteiger partial charge in [-0.3, -0.25) is 5.32 Å². The molecule has 0 atom stereocenters. The van der Waals surface area contributed by atoms with E-state index in [-0.39, 0.29) is 5.69 Å². The number of rotatable bonds is 3. The summed E-state index contributed by atoms with van der Waals surface area (Å²) in [5, 5.41) is 11.6. The van der Waals surface area contributed by atoms with Crippen LogP contribution in [0.25, 0.3) is 10.4 Å². The number of amides is 1. The van der Waals surface area contributed by atoms with Gasteiger partial charge in [0.15, 0.2) is 0 Å². The van der Waals surface area contributed by atoms with Crippen LogP contribution in [0.1, 0.15) is 36.0 Å². The normalized spacial score (nSPS) is 11.3. The van der Waals surface area contributed by atoms with Gasteiger partial charge in [-0.15, -0.1) is 11.3 Å². The monoisotopic (exact) mass is 429 g/mol. The van der Waals surface area contributed by atoms with E-state index in [1.54, 1.807) is 20.8 Å². The van der Waals surface area contributed by atoms with Gasteiger partial charge in [-0.05, 0) is 67.4 Å². The molecule has 0 aliphatic carbocycles. The Morgan fingerprint density at radius 1 is 1.28 bits per heavy atom. The Balaban J connectivity index is 2.48. The molecule has 134 valence electrons. The fourth-order valence-corrected chi connectivity index (χ4v) is 3.60. The molecule has 0 unspecified atom stereocenters. The molecule has 5 nitrogen and oxygen atoms in total. The number of carbonyl (C=O) groups is 2. The van der Waals surface area contributed by atoms with E-state index in [2.05, 4.69) is 21.2 Å². The van der Waals surface area contributed by atoms with E-state index in [4.69, 9.17) is 4.74 Å². The molecular formula is C17H17BrFNO4S. The lowest BCUT2D eigenvalue weighted by Gasteiger charge is -2.20. The number of carboxylic acids is 1. The number of aromatic carboxylic acids is 1. The fraction of sp³-hybridized carbons (Fsp3) is 0.294. The van der Waals surface area contributed by atoms with Gasteiger partial charge in [0, 0.05) is 14.2 Å². The Hall–Kier alpha value is -1.93. The van der Waals surface area contributed by atoms with Crippen molar-refractivity contribution in [2.45, 2.75) is 33.3 Å². The third kappa shape index (κ3) is 4.79. The van der Waals surface area contributed by atoms with Crippen molar-refractivity contribution in [3.05, 3.63) is 38.9 Å². The van der Waals surface area contributed by atoms with Crippen LogP contribution in [-0.2, 0) is 4.74 Å². The topological polar surface area (TPSA) is 75.6 Å². The third-order valence-corrected chi connectivity index (χ3v) is 5.27. The van der Waals surface area contributed by atoms with Gasteiger partial charge >= 0.3 is 12.1 Å². The van der Waals surface area contributed by atoms with Crippen LogP contribution in [0.4, 0.5) is 14.9 Å². The molecule has 1 heterocycles. The Kier molecular flexibility index (Phi) is 5.53. The number of halogens is 2. The van der Waals surface area contributed by atoms with Gasteiger partial charge in [-0.25, -0.2) is 14.0 Å². The average molecular weight is 430 g/mol. The van der Waals surface area contributed by atoms with Gasteiger partial charge in [0.25, 0.3) is 0 Å². The largest absolute Gasteiger partial charge is 0.478 e. The van der Waals surface area contributed by atoms with Crippen LogP contribution in [0, 0.1) is 12.7 Å². The molecule has 0 spiro atoms. The van der Waals surface area contributed by atoms with Crippen molar-refractivity contribution in [3.63, 3.8) is 0 Å². The van der Waals surface area contributed by atoms with Crippen LogP contribution in [0.15, 0.2) is 22.7 Å². The van der Waals surface area contributed by atoms with Crippen LogP contribution >= 0.6 is 27.3 Å². The van der Waals surface area contributed by atoms with E-state index < -0.39 is 29.0 Å². The molecule has 2 rings (SSSR count). The highest BCUT2D eigenvalue weighted by Crippen LogP contribution is 2.36. The summed E-state index contributed by atoms with van der Waals surface area (Å²) in [6.07, 6.45) is -0.852. The lowest BCUT2D eigenvalue weighted by molar-refractivity contribution is 0.0636. The lowest BCUT2D eigenvalue weighted by Crippen LogP contribution is -2.28. The van der Waals surface area contributed by atoms with E-state index >= 15 is 0 Å². The number of thiophene rings is 1. The smallest absolute Gasteiger partial charge is 0.412 e. The van der Waals surface area contributed by atoms with Crippen molar-refractivity contribution in [2.75, 3.05) is 5.32 Å². The molecule has 0 aliphatic heterocycles. The Bertz CT molecular complexity index is 822. The number of nitrogens with one attached hydrogen (secondary N) is 1. The predicted molar refractivity (Wildman–Crippen MR) is 99.0 cm³/mol. The first-order chi connectivity index (χ1) is 11.5. The average Bonchev–Trinajstić information content (AvgIpc) is 2.75. The van der Waals surface area contributed by atoms with E-state index in [0.29, 0.717) is 5.56 Å². The van der Waals surface area contributed by atoms with E-state index in [1.165, 1.54) is 17.4 Å². The van der Waals surface area contributed by atoms with Crippen molar-refractivity contribution >= 4 is 45.0 Å². The highest BCUT2D eigenvalue weighted by Gasteiger charge is 2.23. The molecule has 0 bridgehead atoms. The number of hydrogen-bond acceptors (Lipinski definition) is 4. The van der Waals surface area contributed by atoms with Gasteiger partial charge in [0.1, 0.15) is 17.0 Å². The van der Waals surface area contributed by atoms with E-state index in [0.717, 1.165) is 20.3 Å². The molecule has 0 saturated carbocycles. The minimum Gasteiger partial charge on any atom is -0.478 e. The first-order valence-electron chi connectivity index (χ1n) is 7.31. The number of ether oxygens (including phenoxy) is 1. The van der Waals surface area contributed by atoms with Crippen LogP contribution in [0.2, 0.25) is 0 Å². The predicted octanol–water partition coefficient (Wildman–Crippen LogP) is 5.67. The minimum absolute atomic E-state index is 0.154. The van der Waals surface area contributed by atoms with E-state index in [9.17, 15) is 19.1 Å². The Labute approximate surface area is 156 Å². The summed E-state index contributed by atoms with van der Waals surface area (Å²) in [6, 6.07) is 4.38. The minimum atomic E-state index is -1.47. The summed E-state index contributed by atoms with van der Waals surface area (Å²) in [6.45, 7) is 6.93. The molecule has 0 radical (unpaired) electrons. The molecule has 1 aromatic carbocycles. The standard InChI is InChI=1S/C17H17BrFNO4S/c1-8-10(18)7-13(25-8)9-5-11(19)14(15(21)22)12(6-9)20-16(23)24-17(2,3)4/h5-7H,1-4H3,(H,20,23)(H,21,22). The van der Waals surface area contributed by atoms with E-state index in [1.807, 2.05) is 13.0 Å². The van der Waals surface area contributed by atoms with Crippen molar-refractivity contribution < 1.29 is 23.8 Å². The van der Waals surface area contributed by atoms with Crippen LogP contribution in [0.5, 0.6) is 0 Å². The summed E-state index contributed by atoms with van der Waals surface area (Å²) in [5.41, 5.74) is -1.06. The van der Waals surface area contributed by atoms with Gasteiger partial charge in [-0.2, -0.15) is 0 Å². The van der Waals surface area contributed by atoms with Gasteiger partial charge < -0.3 is 9.84 Å². The second kappa shape index (κ2) is 7.13. The number of benzene rings is 1. The van der Waals surface area contributed by atoms with Crippen LogP contribution in [-0.4, -0.2) is 22.8 Å². The molecule has 8 heteroatoms. The third-order valence-electron chi connectivity index (χ3n) is 3.08. The van der Waals surface area contributed by atoms with Crippen molar-refractivity contribution in [3.8, 4) is 10.4 Å². The summed E-state index contributed by atoms with van der Waals surface area (Å²) < 4.78 is 20.3. The first-order valence-corrected chi connectivity index (χ1v) is 8.92. The fourth-order valence-electron chi connectivity index (χ4n) is 2.08. The molecule has 2 N–H and O–H groups in total. The number of carboxylic acid groups (broad SMARTS) is 1. The summed E-state index contributed by atoms with van der Waals surface area (Å²) in [5.74, 6) is -2.41. The highest BCUT2D eigenvalue weighted by atomic mass is 79.9. The Morgan fingerprint density at radius 3 is 2.40 bits per heavy atom. The van der Waals surface area contributed by atoms with Gasteiger partial charge in [0.2, 0.25) is 0 Å². The van der Waals surface area contributed by atoms with Crippen molar-refractivity contribution in [1.82, 2.24) is 0 Å². The quantitative estimate of drug-likeness (QED) is 0.658. The zero-order valence-corrected chi connectivity index (χ0v) is 16.5. The zero-order valence-electron chi connectivity index (χ0n) is 14.1. The number of aryl methyl sites for hydroxylation is 1. The molecular weight excluding hydrogens is 413 g/mol. The number of hydrogen-bond donors (Lipinski definition) is 2. The second-order valence-corrected chi connectivity index (χ2v) is 8.44. The lowest BCUT2D eigenvalue weighted by atomic mass is 10.1. The van der Waals surface area contributed by atoms with Gasteiger partial charge in [-0.1, -0.05) is 0 Å². The zero-order chi connectivity index (χ0) is 18.9. The molecule has 0 saturated heterocycles. The molecule has 1 amide bonds. The molecule has 1 aromatic heterocycles. The molecule has 2 aromatic rings. The summed E-state index contributed by atoms with van der Waals surface area (Å²) in [7, 11) is 0. The molecule has 0 fully saturated rings. The highest BCUT2D eigenvalue weighted by molar-refractivity contribution is 9.10. The second-order valence-electron chi connectivity index (χ2n) is 6.33. The SMILES string of the molecule is Cc1sc(-c2cc(F)c(C(=O)O)c(NC(=O)OC(C)(C)C)c2)cc1Br. The maximum Gasteiger partial charge on any atom is 0.412 e. The van der Waals surface area contributed by atoms with Gasteiger partial charge in [0.05, 0.1) is 5.69 Å². The van der Waals surface area contributed by atoms with Crippen LogP contribution < -0.4 is 5.32 Å².